The van der Waals surface area contributed by atoms with Crippen molar-refractivity contribution in [3.05, 3.63) is 41.6 Å². The van der Waals surface area contributed by atoms with Crippen molar-refractivity contribution in [2.45, 2.75) is 13.5 Å². The maximum atomic E-state index is 4.49. The molecule has 2 nitrogen and oxygen atoms in total. The molecule has 0 radical (unpaired) electrons. The number of para-hydroxylation sites is 1. The quantitative estimate of drug-likeness (QED) is 0.896. The molecule has 2 aromatic rings. The molecule has 1 aromatic heterocycles. The van der Waals surface area contributed by atoms with Gasteiger partial charge in [0.25, 0.3) is 0 Å². The summed E-state index contributed by atoms with van der Waals surface area (Å²) in [6, 6.07) is 10.4. The summed E-state index contributed by atoms with van der Waals surface area (Å²) in [5, 5.41) is 4.42. The second-order valence-electron chi connectivity index (χ2n) is 3.47. The Bertz CT molecular complexity index is 458. The molecule has 0 aliphatic carbocycles. The normalized spacial score (nSPS) is 9.38. The Morgan fingerprint density at radius 2 is 1.88 bits per heavy atom. The molecule has 2 rings (SSSR count). The Hall–Kier alpha value is -0.830. The number of halogens is 2. The first-order valence-electron chi connectivity index (χ1n) is 4.81. The Labute approximate surface area is 108 Å². The molecule has 4 heteroatoms. The Morgan fingerprint density at radius 3 is 2.56 bits per heavy atom. The van der Waals surface area contributed by atoms with Crippen molar-refractivity contribution in [3.63, 3.8) is 0 Å². The van der Waals surface area contributed by atoms with Crippen LogP contribution in [0.5, 0.6) is 0 Å². The standard InChI is InChI=1S/C12H14N2.2ClH/c1-9-7-10(8-13-2)11-5-3-4-6-12(11)14-9;;/h3-7,13H,8H2,1-2H3;2*1H. The topological polar surface area (TPSA) is 24.9 Å². The van der Waals surface area contributed by atoms with Crippen molar-refractivity contribution >= 4 is 35.7 Å². The number of hydrogen-bond acceptors (Lipinski definition) is 2. The molecular formula is C12H16Cl2N2. The highest BCUT2D eigenvalue weighted by atomic mass is 35.5. The third-order valence-electron chi connectivity index (χ3n) is 2.30. The molecule has 0 bridgehead atoms. The van der Waals surface area contributed by atoms with Gasteiger partial charge in [0.2, 0.25) is 0 Å². The maximum Gasteiger partial charge on any atom is 0.0708 e. The van der Waals surface area contributed by atoms with Crippen molar-refractivity contribution in [2.75, 3.05) is 7.05 Å². The van der Waals surface area contributed by atoms with E-state index >= 15 is 0 Å². The zero-order valence-electron chi connectivity index (χ0n) is 9.36. The van der Waals surface area contributed by atoms with Crippen LogP contribution in [0.4, 0.5) is 0 Å². The molecule has 0 saturated carbocycles. The smallest absolute Gasteiger partial charge is 0.0708 e. The van der Waals surface area contributed by atoms with E-state index in [-0.39, 0.29) is 24.8 Å². The molecule has 1 heterocycles. The van der Waals surface area contributed by atoms with E-state index in [9.17, 15) is 0 Å². The van der Waals surface area contributed by atoms with E-state index in [4.69, 9.17) is 0 Å². The molecule has 0 aliphatic rings. The number of benzene rings is 1. The van der Waals surface area contributed by atoms with Gasteiger partial charge in [-0.1, -0.05) is 18.2 Å². The molecule has 0 saturated heterocycles. The molecule has 0 atom stereocenters. The fourth-order valence-electron chi connectivity index (χ4n) is 1.73. The monoisotopic (exact) mass is 258 g/mol. The molecule has 88 valence electrons. The van der Waals surface area contributed by atoms with Crippen LogP contribution in [0, 0.1) is 6.92 Å². The van der Waals surface area contributed by atoms with Crippen LogP contribution in [-0.2, 0) is 6.54 Å². The first-order chi connectivity index (χ1) is 6.81. The predicted octanol–water partition coefficient (Wildman–Crippen LogP) is 3.11. The number of pyridine rings is 1. The molecular weight excluding hydrogens is 243 g/mol. The summed E-state index contributed by atoms with van der Waals surface area (Å²) < 4.78 is 0. The van der Waals surface area contributed by atoms with E-state index in [0.29, 0.717) is 0 Å². The Kier molecular flexibility index (Phi) is 6.34. The molecule has 0 spiro atoms. The minimum Gasteiger partial charge on any atom is -0.316 e. The average molecular weight is 259 g/mol. The van der Waals surface area contributed by atoms with Crippen LogP contribution in [0.25, 0.3) is 10.9 Å². The number of hydrogen-bond donors (Lipinski definition) is 1. The van der Waals surface area contributed by atoms with Gasteiger partial charge >= 0.3 is 0 Å². The van der Waals surface area contributed by atoms with Gasteiger partial charge in [-0.3, -0.25) is 4.98 Å². The fraction of sp³-hybridized carbons (Fsp3) is 0.250. The highest BCUT2D eigenvalue weighted by Crippen LogP contribution is 2.17. The van der Waals surface area contributed by atoms with Gasteiger partial charge in [-0.2, -0.15) is 0 Å². The maximum absolute atomic E-state index is 4.49. The van der Waals surface area contributed by atoms with Gasteiger partial charge in [0.1, 0.15) is 0 Å². The van der Waals surface area contributed by atoms with Crippen LogP contribution in [0.15, 0.2) is 30.3 Å². The largest absolute Gasteiger partial charge is 0.316 e. The second-order valence-corrected chi connectivity index (χ2v) is 3.47. The first kappa shape index (κ1) is 15.2. The fourth-order valence-corrected chi connectivity index (χ4v) is 1.73. The van der Waals surface area contributed by atoms with Crippen LogP contribution in [0.2, 0.25) is 0 Å². The summed E-state index contributed by atoms with van der Waals surface area (Å²) in [6.07, 6.45) is 0. The summed E-state index contributed by atoms with van der Waals surface area (Å²) in [5.41, 5.74) is 3.47. The highest BCUT2D eigenvalue weighted by Gasteiger charge is 2.01. The van der Waals surface area contributed by atoms with E-state index < -0.39 is 0 Å². The lowest BCUT2D eigenvalue weighted by atomic mass is 10.1. The van der Waals surface area contributed by atoms with Crippen molar-refractivity contribution in [1.82, 2.24) is 10.3 Å². The minimum atomic E-state index is 0. The predicted molar refractivity (Wildman–Crippen MR) is 73.7 cm³/mol. The van der Waals surface area contributed by atoms with Crippen molar-refractivity contribution < 1.29 is 0 Å². The van der Waals surface area contributed by atoms with Crippen molar-refractivity contribution in [3.8, 4) is 0 Å². The van der Waals surface area contributed by atoms with Gasteiger partial charge in [-0.05, 0) is 31.7 Å². The SMILES string of the molecule is CNCc1cc(C)nc2ccccc12.Cl.Cl. The molecule has 1 N–H and O–H groups in total. The summed E-state index contributed by atoms with van der Waals surface area (Å²) in [4.78, 5) is 4.49. The first-order valence-corrected chi connectivity index (χ1v) is 4.81. The van der Waals surface area contributed by atoms with E-state index in [1.54, 1.807) is 0 Å². The van der Waals surface area contributed by atoms with Crippen LogP contribution in [0.3, 0.4) is 0 Å². The van der Waals surface area contributed by atoms with Gasteiger partial charge in [-0.25, -0.2) is 0 Å². The summed E-state index contributed by atoms with van der Waals surface area (Å²) in [5.74, 6) is 0. The lowest BCUT2D eigenvalue weighted by molar-refractivity contribution is 0.821. The van der Waals surface area contributed by atoms with E-state index in [2.05, 4.69) is 34.6 Å². The zero-order chi connectivity index (χ0) is 9.97. The lowest BCUT2D eigenvalue weighted by Crippen LogP contribution is -2.06. The number of aromatic nitrogens is 1. The Balaban J connectivity index is 0.00000112. The summed E-state index contributed by atoms with van der Waals surface area (Å²) >= 11 is 0. The number of nitrogens with one attached hydrogen (secondary N) is 1. The third kappa shape index (κ3) is 3.08. The van der Waals surface area contributed by atoms with Crippen LogP contribution in [0.1, 0.15) is 11.3 Å². The molecule has 16 heavy (non-hydrogen) atoms. The van der Waals surface area contributed by atoms with Crippen molar-refractivity contribution in [1.29, 1.82) is 0 Å². The molecule has 1 aromatic carbocycles. The second kappa shape index (κ2) is 6.69. The molecule has 0 amide bonds. The van der Waals surface area contributed by atoms with E-state index in [1.165, 1.54) is 10.9 Å². The minimum absolute atomic E-state index is 0. The van der Waals surface area contributed by atoms with Crippen LogP contribution in [-0.4, -0.2) is 12.0 Å². The van der Waals surface area contributed by atoms with Gasteiger partial charge in [-0.15, -0.1) is 24.8 Å². The molecule has 0 unspecified atom stereocenters. The summed E-state index contributed by atoms with van der Waals surface area (Å²) in [7, 11) is 1.96. The Morgan fingerprint density at radius 1 is 1.19 bits per heavy atom. The average Bonchev–Trinajstić information content (AvgIpc) is 2.18. The third-order valence-corrected chi connectivity index (χ3v) is 2.30. The number of nitrogens with zero attached hydrogens (tertiary/aromatic N) is 1. The van der Waals surface area contributed by atoms with Gasteiger partial charge < -0.3 is 5.32 Å². The van der Waals surface area contributed by atoms with Crippen LogP contribution >= 0.6 is 24.8 Å². The number of aryl methyl sites for hydroxylation is 1. The van der Waals surface area contributed by atoms with E-state index in [1.807, 2.05) is 20.0 Å². The van der Waals surface area contributed by atoms with Gasteiger partial charge in [0.05, 0.1) is 5.52 Å². The van der Waals surface area contributed by atoms with Gasteiger partial charge in [0.15, 0.2) is 0 Å². The summed E-state index contributed by atoms with van der Waals surface area (Å²) in [6.45, 7) is 2.93. The molecule has 0 fully saturated rings. The number of rotatable bonds is 2. The number of fused-ring (bicyclic) bond motifs is 1. The van der Waals surface area contributed by atoms with Gasteiger partial charge in [0, 0.05) is 17.6 Å². The lowest BCUT2D eigenvalue weighted by Gasteiger charge is -2.06. The van der Waals surface area contributed by atoms with Crippen molar-refractivity contribution in [2.24, 2.45) is 0 Å². The van der Waals surface area contributed by atoms with Crippen LogP contribution < -0.4 is 5.32 Å². The highest BCUT2D eigenvalue weighted by molar-refractivity contribution is 5.85. The zero-order valence-corrected chi connectivity index (χ0v) is 11.0. The van der Waals surface area contributed by atoms with E-state index in [0.717, 1.165) is 17.8 Å². The molecule has 0 aliphatic heterocycles.